The van der Waals surface area contributed by atoms with E-state index in [2.05, 4.69) is 27.8 Å². The molecule has 1 saturated carbocycles. The van der Waals surface area contributed by atoms with Crippen LogP contribution in [0.2, 0.25) is 0 Å². The molecule has 1 aromatic rings. The molecule has 4 unspecified atom stereocenters. The number of hydrogen-bond donors (Lipinski definition) is 3. The van der Waals surface area contributed by atoms with Gasteiger partial charge in [0.25, 0.3) is 0 Å². The number of guanidine groups is 1. The number of rotatable bonds is 8. The van der Waals surface area contributed by atoms with Gasteiger partial charge in [0, 0.05) is 26.7 Å². The van der Waals surface area contributed by atoms with E-state index in [0.717, 1.165) is 31.8 Å². The molecule has 1 heterocycles. The van der Waals surface area contributed by atoms with Crippen LogP contribution >= 0.6 is 24.0 Å². The number of aromatic hydroxyl groups is 1. The Morgan fingerprint density at radius 3 is 2.19 bits per heavy atom. The second-order valence-electron chi connectivity index (χ2n) is 8.38. The molecular formula is C23H31IN4O3. The molecule has 3 N–H and O–H groups in total. The van der Waals surface area contributed by atoms with Gasteiger partial charge in [-0.3, -0.25) is 19.5 Å². The van der Waals surface area contributed by atoms with Gasteiger partial charge in [-0.15, -0.1) is 24.0 Å². The van der Waals surface area contributed by atoms with Crippen LogP contribution in [-0.2, 0) is 16.0 Å². The number of imide groups is 1. The SMILES string of the molecule is CN=C(NCCCc1ccc(O)cc1)NCCCN1C(=O)C2C3C=CC(C3)C2C1=O.I. The Morgan fingerprint density at radius 1 is 1.03 bits per heavy atom. The maximum absolute atomic E-state index is 12.7. The standard InChI is InChI=1S/C23H30N4O3.HI/c1-24-23(25-11-2-4-15-5-9-18(28)10-6-15)26-12-3-13-27-21(29)19-16-7-8-17(14-16)20(19)22(27)30;/h5-10,16-17,19-20,28H,2-4,11-14H2,1H3,(H2,24,25,26);1H. The number of aryl methyl sites for hydroxylation is 1. The minimum absolute atomic E-state index is 0. The summed E-state index contributed by atoms with van der Waals surface area (Å²) >= 11 is 0. The van der Waals surface area contributed by atoms with Crippen molar-refractivity contribution in [1.29, 1.82) is 0 Å². The number of phenols is 1. The Kier molecular flexibility index (Phi) is 7.96. The number of amides is 2. The molecule has 0 spiro atoms. The second kappa shape index (κ2) is 10.5. The van der Waals surface area contributed by atoms with Crippen LogP contribution < -0.4 is 10.6 Å². The third-order valence-electron chi connectivity index (χ3n) is 6.51. The van der Waals surface area contributed by atoms with Crippen molar-refractivity contribution >= 4 is 41.8 Å². The summed E-state index contributed by atoms with van der Waals surface area (Å²) in [7, 11) is 1.73. The number of hydrogen-bond acceptors (Lipinski definition) is 4. The van der Waals surface area contributed by atoms with Gasteiger partial charge < -0.3 is 15.7 Å². The lowest BCUT2D eigenvalue weighted by atomic mass is 9.85. The summed E-state index contributed by atoms with van der Waals surface area (Å²) in [5, 5.41) is 15.9. The summed E-state index contributed by atoms with van der Waals surface area (Å²) in [6.45, 7) is 1.90. The molecule has 168 valence electrons. The van der Waals surface area contributed by atoms with Crippen molar-refractivity contribution in [2.75, 3.05) is 26.7 Å². The van der Waals surface area contributed by atoms with Gasteiger partial charge >= 0.3 is 0 Å². The van der Waals surface area contributed by atoms with Crippen molar-refractivity contribution in [3.05, 3.63) is 42.0 Å². The summed E-state index contributed by atoms with van der Waals surface area (Å²) < 4.78 is 0. The topological polar surface area (TPSA) is 94.0 Å². The highest BCUT2D eigenvalue weighted by atomic mass is 127. The van der Waals surface area contributed by atoms with E-state index < -0.39 is 0 Å². The first-order chi connectivity index (χ1) is 14.6. The molecule has 0 aromatic heterocycles. The number of aliphatic imine (C=N–C) groups is 1. The molecule has 7 nitrogen and oxygen atoms in total. The monoisotopic (exact) mass is 538 g/mol. The van der Waals surface area contributed by atoms with Crippen molar-refractivity contribution in [3.8, 4) is 5.75 Å². The Balaban J connectivity index is 0.00000272. The predicted octanol–water partition coefficient (Wildman–Crippen LogP) is 2.31. The number of phenolic OH excluding ortho intramolecular Hbond substituents is 1. The van der Waals surface area contributed by atoms with Crippen LogP contribution in [-0.4, -0.2) is 54.5 Å². The van der Waals surface area contributed by atoms with Gasteiger partial charge in [-0.05, 0) is 55.2 Å². The summed E-state index contributed by atoms with van der Waals surface area (Å²) in [6, 6.07) is 7.26. The van der Waals surface area contributed by atoms with Gasteiger partial charge in [-0.2, -0.15) is 0 Å². The van der Waals surface area contributed by atoms with Crippen molar-refractivity contribution in [3.63, 3.8) is 0 Å². The highest BCUT2D eigenvalue weighted by molar-refractivity contribution is 14.0. The van der Waals surface area contributed by atoms with Gasteiger partial charge in [0.15, 0.2) is 5.96 Å². The molecule has 4 rings (SSSR count). The minimum Gasteiger partial charge on any atom is -0.508 e. The maximum Gasteiger partial charge on any atom is 0.233 e. The zero-order valence-electron chi connectivity index (χ0n) is 17.8. The van der Waals surface area contributed by atoms with E-state index >= 15 is 0 Å². The third kappa shape index (κ3) is 5.05. The zero-order valence-corrected chi connectivity index (χ0v) is 20.1. The fourth-order valence-electron chi connectivity index (χ4n) is 5.01. The normalized spacial score (nSPS) is 26.2. The molecule has 31 heavy (non-hydrogen) atoms. The number of nitrogens with one attached hydrogen (secondary N) is 2. The first-order valence-corrected chi connectivity index (χ1v) is 10.8. The third-order valence-corrected chi connectivity index (χ3v) is 6.51. The fraction of sp³-hybridized carbons (Fsp3) is 0.522. The maximum atomic E-state index is 12.7. The van der Waals surface area contributed by atoms with Crippen molar-refractivity contribution in [1.82, 2.24) is 15.5 Å². The lowest BCUT2D eigenvalue weighted by Gasteiger charge is -2.18. The molecule has 1 saturated heterocycles. The molecule has 8 heteroatoms. The number of benzene rings is 1. The average Bonchev–Trinajstić information content (AvgIpc) is 3.43. The number of nitrogens with zero attached hydrogens (tertiary/aromatic N) is 2. The Labute approximate surface area is 200 Å². The molecule has 1 aliphatic heterocycles. The minimum atomic E-state index is -0.108. The Hall–Kier alpha value is -2.10. The lowest BCUT2D eigenvalue weighted by Crippen LogP contribution is -2.40. The highest BCUT2D eigenvalue weighted by Gasteiger charge is 2.58. The smallest absolute Gasteiger partial charge is 0.233 e. The van der Waals surface area contributed by atoms with Gasteiger partial charge in [0.1, 0.15) is 5.75 Å². The van der Waals surface area contributed by atoms with Crippen LogP contribution in [0.1, 0.15) is 24.8 Å². The molecule has 0 radical (unpaired) electrons. The molecule has 2 aliphatic carbocycles. The lowest BCUT2D eigenvalue weighted by molar-refractivity contribution is -0.140. The number of likely N-dealkylation sites (tertiary alicyclic amines) is 1. The Morgan fingerprint density at radius 2 is 1.61 bits per heavy atom. The van der Waals surface area contributed by atoms with E-state index in [1.807, 2.05) is 12.1 Å². The van der Waals surface area contributed by atoms with Crippen LogP contribution in [0.3, 0.4) is 0 Å². The molecule has 2 amide bonds. The van der Waals surface area contributed by atoms with E-state index in [1.165, 1.54) is 10.5 Å². The molecule has 3 aliphatic rings. The van der Waals surface area contributed by atoms with Gasteiger partial charge in [-0.1, -0.05) is 24.3 Å². The van der Waals surface area contributed by atoms with Crippen LogP contribution in [0.5, 0.6) is 5.75 Å². The van der Waals surface area contributed by atoms with Crippen LogP contribution in [0.25, 0.3) is 0 Å². The van der Waals surface area contributed by atoms with E-state index in [-0.39, 0.29) is 65.2 Å². The van der Waals surface area contributed by atoms with Crippen molar-refractivity contribution in [2.24, 2.45) is 28.7 Å². The number of allylic oxidation sites excluding steroid dienone is 2. The molecule has 2 fully saturated rings. The fourth-order valence-corrected chi connectivity index (χ4v) is 5.01. The summed E-state index contributed by atoms with van der Waals surface area (Å²) in [4.78, 5) is 31.1. The average molecular weight is 538 g/mol. The van der Waals surface area contributed by atoms with Gasteiger partial charge in [0.2, 0.25) is 11.8 Å². The first-order valence-electron chi connectivity index (χ1n) is 10.8. The second-order valence-corrected chi connectivity index (χ2v) is 8.38. The summed E-state index contributed by atoms with van der Waals surface area (Å²) in [6.07, 6.45) is 7.79. The molecular weight excluding hydrogens is 507 g/mol. The van der Waals surface area contributed by atoms with Gasteiger partial charge in [-0.25, -0.2) is 0 Å². The van der Waals surface area contributed by atoms with Crippen LogP contribution in [0, 0.1) is 23.7 Å². The molecule has 2 bridgehead atoms. The number of halogens is 1. The highest BCUT2D eigenvalue weighted by Crippen LogP contribution is 2.52. The predicted molar refractivity (Wildman–Crippen MR) is 130 cm³/mol. The molecule has 4 atom stereocenters. The Bertz CT molecular complexity index is 825. The number of carbonyl (C=O) groups is 2. The first kappa shape index (κ1) is 23.6. The largest absolute Gasteiger partial charge is 0.508 e. The number of carbonyl (C=O) groups excluding carboxylic acids is 2. The molecule has 1 aromatic carbocycles. The van der Waals surface area contributed by atoms with E-state index in [9.17, 15) is 14.7 Å². The van der Waals surface area contributed by atoms with E-state index in [1.54, 1.807) is 19.2 Å². The zero-order chi connectivity index (χ0) is 21.1. The van der Waals surface area contributed by atoms with Crippen molar-refractivity contribution in [2.45, 2.75) is 25.7 Å². The summed E-state index contributed by atoms with van der Waals surface area (Å²) in [5.74, 6) is 1.38. The quantitative estimate of drug-likeness (QED) is 0.118. The van der Waals surface area contributed by atoms with E-state index in [0.29, 0.717) is 19.5 Å². The van der Waals surface area contributed by atoms with Crippen LogP contribution in [0.15, 0.2) is 41.4 Å². The van der Waals surface area contributed by atoms with Crippen LogP contribution in [0.4, 0.5) is 0 Å². The van der Waals surface area contributed by atoms with E-state index in [4.69, 9.17) is 0 Å². The van der Waals surface area contributed by atoms with Gasteiger partial charge in [0.05, 0.1) is 11.8 Å². The number of fused-ring (bicyclic) bond motifs is 5. The summed E-state index contributed by atoms with van der Waals surface area (Å²) in [5.41, 5.74) is 1.19. The van der Waals surface area contributed by atoms with Crippen molar-refractivity contribution < 1.29 is 14.7 Å².